The summed E-state index contributed by atoms with van der Waals surface area (Å²) < 4.78 is 0. The van der Waals surface area contributed by atoms with Crippen molar-refractivity contribution in [3.63, 3.8) is 0 Å². The molecule has 24 heavy (non-hydrogen) atoms. The van der Waals surface area contributed by atoms with Crippen LogP contribution < -0.4 is 0 Å². The van der Waals surface area contributed by atoms with Gasteiger partial charge in [0, 0.05) is 31.7 Å². The zero-order chi connectivity index (χ0) is 17.4. The first-order chi connectivity index (χ1) is 11.6. The Morgan fingerprint density at radius 3 is 2.12 bits per heavy atom. The summed E-state index contributed by atoms with van der Waals surface area (Å²) in [5.41, 5.74) is 0. The van der Waals surface area contributed by atoms with Gasteiger partial charge in [0.1, 0.15) is 0 Å². The highest BCUT2D eigenvalue weighted by Gasteiger charge is 2.39. The third-order valence-corrected chi connectivity index (χ3v) is 6.29. The van der Waals surface area contributed by atoms with Gasteiger partial charge in [-0.05, 0) is 44.1 Å². The van der Waals surface area contributed by atoms with Gasteiger partial charge < -0.3 is 4.90 Å². The first-order valence-electron chi connectivity index (χ1n) is 11.1. The van der Waals surface area contributed by atoms with Crippen LogP contribution in [0, 0.1) is 11.8 Å². The van der Waals surface area contributed by atoms with E-state index >= 15 is 0 Å². The van der Waals surface area contributed by atoms with E-state index in [2.05, 4.69) is 37.5 Å². The minimum Gasteiger partial charge on any atom is -0.300 e. The predicted octanol–water partition coefficient (Wildman–Crippen LogP) is 5.57. The molecule has 2 fully saturated rings. The van der Waals surface area contributed by atoms with E-state index in [0.29, 0.717) is 0 Å². The maximum absolute atomic E-state index is 2.90. The van der Waals surface area contributed by atoms with Gasteiger partial charge in [-0.25, -0.2) is 0 Å². The number of piperazine rings is 1. The molecule has 0 aromatic heterocycles. The van der Waals surface area contributed by atoms with Gasteiger partial charge in [0.05, 0.1) is 0 Å². The Labute approximate surface area is 152 Å². The van der Waals surface area contributed by atoms with Crippen LogP contribution in [0.5, 0.6) is 0 Å². The number of hydrogen-bond acceptors (Lipinski definition) is 2. The SMILES string of the molecule is CCCCCCC(C)CN1[C@@H]2CC[C@H]1CN(CCCCC(C)C)C2. The Kier molecular flexibility index (Phi) is 9.11. The van der Waals surface area contributed by atoms with Crippen molar-refractivity contribution in [3.05, 3.63) is 0 Å². The molecule has 2 aliphatic heterocycles. The van der Waals surface area contributed by atoms with Gasteiger partial charge in [0.25, 0.3) is 0 Å². The van der Waals surface area contributed by atoms with Gasteiger partial charge in [0.15, 0.2) is 0 Å². The molecule has 0 N–H and O–H groups in total. The van der Waals surface area contributed by atoms with Crippen LogP contribution in [0.4, 0.5) is 0 Å². The lowest BCUT2D eigenvalue weighted by Gasteiger charge is -2.42. The van der Waals surface area contributed by atoms with E-state index in [4.69, 9.17) is 0 Å². The summed E-state index contributed by atoms with van der Waals surface area (Å²) in [5.74, 6) is 1.76. The second-order valence-electron chi connectivity index (χ2n) is 9.19. The van der Waals surface area contributed by atoms with E-state index in [0.717, 1.165) is 23.9 Å². The molecule has 142 valence electrons. The van der Waals surface area contributed by atoms with Crippen molar-refractivity contribution in [1.82, 2.24) is 9.80 Å². The minimum atomic E-state index is 0.868. The number of likely N-dealkylation sites (tertiary alicyclic amines) is 1. The summed E-state index contributed by atoms with van der Waals surface area (Å²) in [6.07, 6.45) is 14.2. The van der Waals surface area contributed by atoms with Crippen LogP contribution in [0.15, 0.2) is 0 Å². The molecule has 2 bridgehead atoms. The Morgan fingerprint density at radius 1 is 0.833 bits per heavy atom. The predicted molar refractivity (Wildman–Crippen MR) is 107 cm³/mol. The molecular formula is C22H44N2. The maximum Gasteiger partial charge on any atom is 0.0227 e. The molecular weight excluding hydrogens is 292 g/mol. The molecule has 0 amide bonds. The van der Waals surface area contributed by atoms with Crippen LogP contribution in [0.25, 0.3) is 0 Å². The van der Waals surface area contributed by atoms with Crippen molar-refractivity contribution in [2.75, 3.05) is 26.2 Å². The summed E-state index contributed by atoms with van der Waals surface area (Å²) in [6.45, 7) is 14.9. The topological polar surface area (TPSA) is 6.48 Å². The number of unbranched alkanes of at least 4 members (excludes halogenated alkanes) is 4. The molecule has 3 atom stereocenters. The molecule has 2 aliphatic rings. The van der Waals surface area contributed by atoms with Gasteiger partial charge in [-0.1, -0.05) is 66.2 Å². The second-order valence-corrected chi connectivity index (χ2v) is 9.19. The Balaban J connectivity index is 1.65. The number of rotatable bonds is 12. The average Bonchev–Trinajstić information content (AvgIpc) is 2.78. The van der Waals surface area contributed by atoms with Crippen LogP contribution in [0.1, 0.15) is 91.9 Å². The van der Waals surface area contributed by atoms with Crippen molar-refractivity contribution in [1.29, 1.82) is 0 Å². The van der Waals surface area contributed by atoms with E-state index in [-0.39, 0.29) is 0 Å². The molecule has 2 nitrogen and oxygen atoms in total. The van der Waals surface area contributed by atoms with Crippen molar-refractivity contribution < 1.29 is 0 Å². The lowest BCUT2D eigenvalue weighted by atomic mass is 10.0. The minimum absolute atomic E-state index is 0.868. The Bertz CT molecular complexity index is 314. The lowest BCUT2D eigenvalue weighted by molar-refractivity contribution is 0.0540. The quantitative estimate of drug-likeness (QED) is 0.430. The van der Waals surface area contributed by atoms with Gasteiger partial charge in [-0.2, -0.15) is 0 Å². The van der Waals surface area contributed by atoms with Crippen LogP contribution in [0.2, 0.25) is 0 Å². The Hall–Kier alpha value is -0.0800. The normalized spacial score (nSPS) is 26.4. The van der Waals surface area contributed by atoms with Gasteiger partial charge in [0.2, 0.25) is 0 Å². The molecule has 0 spiro atoms. The standard InChI is InChI=1S/C22H44N2/c1-5-6-7-8-12-20(4)16-24-21-13-14-22(24)18-23(17-21)15-10-9-11-19(2)3/h19-22H,5-18H2,1-4H3/t20?,21-,22+. The fourth-order valence-electron chi connectivity index (χ4n) is 4.82. The number of hydrogen-bond donors (Lipinski definition) is 0. The van der Waals surface area contributed by atoms with Crippen LogP contribution in [0.3, 0.4) is 0 Å². The molecule has 0 aromatic carbocycles. The molecule has 2 rings (SSSR count). The van der Waals surface area contributed by atoms with Crippen molar-refractivity contribution in [2.45, 2.75) is 104 Å². The zero-order valence-corrected chi connectivity index (χ0v) is 17.1. The molecule has 0 radical (unpaired) electrons. The summed E-state index contributed by atoms with van der Waals surface area (Å²) in [6, 6.07) is 1.74. The fourth-order valence-corrected chi connectivity index (χ4v) is 4.82. The number of nitrogens with zero attached hydrogens (tertiary/aromatic N) is 2. The first-order valence-corrected chi connectivity index (χ1v) is 11.1. The van der Waals surface area contributed by atoms with Crippen molar-refractivity contribution in [2.24, 2.45) is 11.8 Å². The van der Waals surface area contributed by atoms with E-state index < -0.39 is 0 Å². The fraction of sp³-hybridized carbons (Fsp3) is 1.00. The third kappa shape index (κ3) is 6.67. The highest BCUT2D eigenvalue weighted by atomic mass is 15.3. The van der Waals surface area contributed by atoms with Gasteiger partial charge in [-0.15, -0.1) is 0 Å². The monoisotopic (exact) mass is 336 g/mol. The molecule has 1 unspecified atom stereocenters. The summed E-state index contributed by atoms with van der Waals surface area (Å²) in [4.78, 5) is 5.68. The molecule has 0 aromatic rings. The smallest absolute Gasteiger partial charge is 0.0227 e. The highest BCUT2D eigenvalue weighted by Crippen LogP contribution is 2.31. The van der Waals surface area contributed by atoms with E-state index in [1.807, 2.05) is 0 Å². The summed E-state index contributed by atoms with van der Waals surface area (Å²) in [7, 11) is 0. The zero-order valence-electron chi connectivity index (χ0n) is 17.1. The van der Waals surface area contributed by atoms with Crippen molar-refractivity contribution in [3.8, 4) is 0 Å². The molecule has 0 saturated carbocycles. The summed E-state index contributed by atoms with van der Waals surface area (Å²) >= 11 is 0. The van der Waals surface area contributed by atoms with Crippen LogP contribution in [-0.2, 0) is 0 Å². The highest BCUT2D eigenvalue weighted by molar-refractivity contribution is 4.96. The lowest BCUT2D eigenvalue weighted by Crippen LogP contribution is -2.54. The average molecular weight is 337 g/mol. The van der Waals surface area contributed by atoms with Crippen LogP contribution in [-0.4, -0.2) is 48.1 Å². The summed E-state index contributed by atoms with van der Waals surface area (Å²) in [5, 5.41) is 0. The van der Waals surface area contributed by atoms with Gasteiger partial charge in [-0.3, -0.25) is 4.90 Å². The largest absolute Gasteiger partial charge is 0.300 e. The van der Waals surface area contributed by atoms with E-state index in [9.17, 15) is 0 Å². The maximum atomic E-state index is 2.90. The Morgan fingerprint density at radius 2 is 1.50 bits per heavy atom. The molecule has 2 heteroatoms. The number of fused-ring (bicyclic) bond motifs is 2. The first kappa shape index (κ1) is 20.2. The molecule has 0 aliphatic carbocycles. The molecule has 2 heterocycles. The second kappa shape index (κ2) is 10.8. The third-order valence-electron chi connectivity index (χ3n) is 6.29. The van der Waals surface area contributed by atoms with E-state index in [1.165, 1.54) is 90.4 Å². The van der Waals surface area contributed by atoms with E-state index in [1.54, 1.807) is 0 Å². The van der Waals surface area contributed by atoms with Crippen molar-refractivity contribution >= 4 is 0 Å². The van der Waals surface area contributed by atoms with Crippen LogP contribution >= 0.6 is 0 Å². The van der Waals surface area contributed by atoms with Gasteiger partial charge >= 0.3 is 0 Å². The molecule has 2 saturated heterocycles.